The van der Waals surface area contributed by atoms with E-state index in [1.54, 1.807) is 0 Å². The van der Waals surface area contributed by atoms with Gasteiger partial charge in [-0.1, -0.05) is 146 Å². The molecule has 49 heavy (non-hydrogen) atoms. The van der Waals surface area contributed by atoms with Gasteiger partial charge in [-0.2, -0.15) is 0 Å². The minimum absolute atomic E-state index is 0.333. The lowest BCUT2D eigenvalue weighted by Crippen LogP contribution is -2.33. The van der Waals surface area contributed by atoms with Gasteiger partial charge in [-0.25, -0.2) is 9.98 Å². The van der Waals surface area contributed by atoms with Gasteiger partial charge in [0.15, 0.2) is 5.84 Å². The Bertz CT molecular complexity index is 2810. The van der Waals surface area contributed by atoms with Crippen molar-refractivity contribution >= 4 is 65.9 Å². The van der Waals surface area contributed by atoms with Crippen molar-refractivity contribution in [2.75, 3.05) is 0 Å². The first-order chi connectivity index (χ1) is 24.3. The number of hydrogen-bond donors (Lipinski definition) is 1. The van der Waals surface area contributed by atoms with Gasteiger partial charge in [-0.15, -0.1) is 0 Å². The number of furan rings is 1. The minimum Gasteiger partial charge on any atom is -0.455 e. The zero-order chi connectivity index (χ0) is 32.3. The van der Waals surface area contributed by atoms with E-state index in [0.717, 1.165) is 55.6 Å². The Morgan fingerprint density at radius 2 is 1.20 bits per heavy atom. The molecule has 0 radical (unpaired) electrons. The van der Waals surface area contributed by atoms with Crippen LogP contribution in [-0.4, -0.2) is 11.7 Å². The first kappa shape index (κ1) is 27.6. The monoisotopic (exact) mass is 627 g/mol. The Morgan fingerprint density at radius 3 is 2.12 bits per heavy atom. The van der Waals surface area contributed by atoms with Crippen LogP contribution in [0.15, 0.2) is 178 Å². The molecule has 0 amide bonds. The molecule has 0 saturated carbocycles. The summed E-state index contributed by atoms with van der Waals surface area (Å²) in [5.74, 6) is 1.46. The van der Waals surface area contributed by atoms with Crippen molar-refractivity contribution in [3.63, 3.8) is 0 Å². The molecule has 1 aliphatic rings. The predicted molar refractivity (Wildman–Crippen MR) is 204 cm³/mol. The summed E-state index contributed by atoms with van der Waals surface area (Å²) < 4.78 is 6.67. The topological polar surface area (TPSA) is 49.9 Å². The van der Waals surface area contributed by atoms with Gasteiger partial charge in [0, 0.05) is 27.5 Å². The van der Waals surface area contributed by atoms with Crippen molar-refractivity contribution in [2.24, 2.45) is 9.98 Å². The molecule has 9 aromatic rings. The third-order valence-corrected chi connectivity index (χ3v) is 9.70. The normalized spacial score (nSPS) is 14.7. The number of para-hydroxylation sites is 1. The number of amidine groups is 2. The Labute approximate surface area is 282 Å². The van der Waals surface area contributed by atoms with E-state index < -0.39 is 0 Å². The van der Waals surface area contributed by atoms with Crippen molar-refractivity contribution < 1.29 is 4.42 Å². The summed E-state index contributed by atoms with van der Waals surface area (Å²) in [6, 6.07) is 57.5. The number of hydrogen-bond acceptors (Lipinski definition) is 4. The first-order valence-corrected chi connectivity index (χ1v) is 16.6. The van der Waals surface area contributed by atoms with Gasteiger partial charge < -0.3 is 9.73 Å². The molecule has 1 atom stereocenters. The Hall–Kier alpha value is -6.52. The van der Waals surface area contributed by atoms with Crippen LogP contribution in [0, 0.1) is 0 Å². The van der Waals surface area contributed by atoms with Crippen LogP contribution >= 0.6 is 0 Å². The molecule has 8 aromatic carbocycles. The fraction of sp³-hybridized carbons (Fsp3) is 0.0222. The Balaban J connectivity index is 1.15. The number of aliphatic imine (C=N–C) groups is 2. The summed E-state index contributed by atoms with van der Waals surface area (Å²) in [6.07, 6.45) is -0.333. The number of benzene rings is 8. The van der Waals surface area contributed by atoms with Crippen molar-refractivity contribution in [3.8, 4) is 11.1 Å². The van der Waals surface area contributed by atoms with E-state index in [1.165, 1.54) is 32.3 Å². The lowest BCUT2D eigenvalue weighted by Gasteiger charge is -2.24. The second-order valence-corrected chi connectivity index (χ2v) is 12.6. The van der Waals surface area contributed by atoms with E-state index >= 15 is 0 Å². The van der Waals surface area contributed by atoms with Gasteiger partial charge in [0.1, 0.15) is 23.2 Å². The molecule has 10 rings (SSSR count). The van der Waals surface area contributed by atoms with Gasteiger partial charge in [-0.3, -0.25) is 0 Å². The molecule has 230 valence electrons. The Morgan fingerprint density at radius 1 is 0.490 bits per heavy atom. The maximum atomic E-state index is 6.67. The standard InChI is InChI=1S/C45H29N3O/c1-2-12-30(13-3-1)43-46-44(34-24-25-36-32(27-34)23-21-29-11-6-7-15-35(29)36)48-45(47-43)39-18-9-19-40-41(39)38-17-8-16-37(42(38)49-40)33-22-20-28-10-4-5-14-31(28)26-33/h1-27,44H,(H,46,47,48). The molecule has 1 aliphatic heterocycles. The quantitative estimate of drug-likeness (QED) is 0.197. The average Bonchev–Trinajstić information content (AvgIpc) is 3.57. The second-order valence-electron chi connectivity index (χ2n) is 12.6. The highest BCUT2D eigenvalue weighted by atomic mass is 16.3. The fourth-order valence-electron chi connectivity index (χ4n) is 7.30. The summed E-state index contributed by atoms with van der Waals surface area (Å²) in [7, 11) is 0. The molecular formula is C45H29N3O. The highest BCUT2D eigenvalue weighted by molar-refractivity contribution is 6.23. The number of rotatable bonds is 4. The fourth-order valence-corrected chi connectivity index (χ4v) is 7.30. The largest absolute Gasteiger partial charge is 0.455 e. The summed E-state index contributed by atoms with van der Waals surface area (Å²) in [6.45, 7) is 0. The lowest BCUT2D eigenvalue weighted by atomic mass is 9.98. The van der Waals surface area contributed by atoms with Crippen molar-refractivity contribution in [2.45, 2.75) is 6.17 Å². The number of fused-ring (bicyclic) bond motifs is 7. The van der Waals surface area contributed by atoms with E-state index in [0.29, 0.717) is 5.84 Å². The Kier molecular flexibility index (Phi) is 6.21. The first-order valence-electron chi connectivity index (χ1n) is 16.6. The molecule has 1 unspecified atom stereocenters. The van der Waals surface area contributed by atoms with Crippen LogP contribution in [0.2, 0.25) is 0 Å². The number of nitrogens with zero attached hydrogens (tertiary/aromatic N) is 2. The molecule has 0 bridgehead atoms. The lowest BCUT2D eigenvalue weighted by molar-refractivity contribution is 0.669. The van der Waals surface area contributed by atoms with Crippen LogP contribution in [0.4, 0.5) is 0 Å². The molecule has 0 aliphatic carbocycles. The van der Waals surface area contributed by atoms with Gasteiger partial charge in [0.25, 0.3) is 0 Å². The maximum Gasteiger partial charge on any atom is 0.160 e. The molecule has 1 aromatic heterocycles. The van der Waals surface area contributed by atoms with Gasteiger partial charge in [-0.05, 0) is 61.6 Å². The smallest absolute Gasteiger partial charge is 0.160 e. The van der Waals surface area contributed by atoms with Gasteiger partial charge in [0.05, 0.1) is 0 Å². The highest BCUT2D eigenvalue weighted by Crippen LogP contribution is 2.39. The molecule has 4 heteroatoms. The van der Waals surface area contributed by atoms with E-state index in [4.69, 9.17) is 14.4 Å². The minimum atomic E-state index is -0.333. The van der Waals surface area contributed by atoms with Crippen LogP contribution in [0.1, 0.15) is 22.9 Å². The van der Waals surface area contributed by atoms with Crippen LogP contribution in [0.3, 0.4) is 0 Å². The summed E-state index contributed by atoms with van der Waals surface area (Å²) >= 11 is 0. The molecule has 1 N–H and O–H groups in total. The van der Waals surface area contributed by atoms with Crippen LogP contribution in [-0.2, 0) is 0 Å². The average molecular weight is 628 g/mol. The van der Waals surface area contributed by atoms with E-state index in [-0.39, 0.29) is 6.17 Å². The van der Waals surface area contributed by atoms with Crippen LogP contribution in [0.25, 0.3) is 65.4 Å². The summed E-state index contributed by atoms with van der Waals surface area (Å²) in [5.41, 5.74) is 6.89. The molecule has 0 spiro atoms. The zero-order valence-corrected chi connectivity index (χ0v) is 26.5. The van der Waals surface area contributed by atoms with Crippen molar-refractivity contribution in [1.82, 2.24) is 5.32 Å². The predicted octanol–water partition coefficient (Wildman–Crippen LogP) is 11.2. The van der Waals surface area contributed by atoms with Gasteiger partial charge in [0.2, 0.25) is 0 Å². The van der Waals surface area contributed by atoms with E-state index in [2.05, 4.69) is 139 Å². The van der Waals surface area contributed by atoms with Crippen molar-refractivity contribution in [1.29, 1.82) is 0 Å². The van der Waals surface area contributed by atoms with E-state index in [9.17, 15) is 0 Å². The second kappa shape index (κ2) is 11.0. The van der Waals surface area contributed by atoms with Crippen LogP contribution < -0.4 is 5.32 Å². The third-order valence-electron chi connectivity index (χ3n) is 9.70. The highest BCUT2D eigenvalue weighted by Gasteiger charge is 2.24. The maximum absolute atomic E-state index is 6.67. The molecule has 0 saturated heterocycles. The molecular weight excluding hydrogens is 599 g/mol. The summed E-state index contributed by atoms with van der Waals surface area (Å²) in [5, 5.41) is 13.0. The van der Waals surface area contributed by atoms with Gasteiger partial charge >= 0.3 is 0 Å². The zero-order valence-electron chi connectivity index (χ0n) is 26.5. The van der Waals surface area contributed by atoms with E-state index in [1.807, 2.05) is 30.3 Å². The molecule has 4 nitrogen and oxygen atoms in total. The molecule has 0 fully saturated rings. The molecule has 2 heterocycles. The SMILES string of the molecule is c1ccc(C2=NC(c3cccc4oc5c(-c6ccc7ccccc7c6)cccc5c34)=NC(c3ccc4c(ccc5ccccc54)c3)N2)cc1. The van der Waals surface area contributed by atoms with Crippen LogP contribution in [0.5, 0.6) is 0 Å². The third kappa shape index (κ3) is 4.61. The van der Waals surface area contributed by atoms with Crippen molar-refractivity contribution in [3.05, 3.63) is 180 Å². The summed E-state index contributed by atoms with van der Waals surface area (Å²) in [4.78, 5) is 10.5. The number of nitrogens with one attached hydrogen (secondary N) is 1.